The van der Waals surface area contributed by atoms with Crippen LogP contribution < -0.4 is 4.89 Å². The number of rotatable bonds is 7. The largest absolute Gasteiger partial charge is 0.382 e. The first-order valence-electron chi connectivity index (χ1n) is 5.26. The molecule has 0 fully saturated rings. The minimum Gasteiger partial charge on any atom is -0.382 e. The molecule has 0 amide bonds. The van der Waals surface area contributed by atoms with Crippen LogP contribution in [0.5, 0.6) is 0 Å². The van der Waals surface area contributed by atoms with Gasteiger partial charge in [0.2, 0.25) is 0 Å². The molecule has 0 radical (unpaired) electrons. The average molecular weight is 290 g/mol. The molecule has 9 heteroatoms. The lowest BCUT2D eigenvalue weighted by Crippen LogP contribution is -2.27. The van der Waals surface area contributed by atoms with E-state index in [9.17, 15) is 18.5 Å². The van der Waals surface area contributed by atoms with Gasteiger partial charge in [0.1, 0.15) is 0 Å². The van der Waals surface area contributed by atoms with Gasteiger partial charge in [0.25, 0.3) is 15.7 Å². The molecule has 1 aromatic rings. The smallest absolute Gasteiger partial charge is 0.289 e. The van der Waals surface area contributed by atoms with Crippen molar-refractivity contribution >= 4 is 15.7 Å². The summed E-state index contributed by atoms with van der Waals surface area (Å²) in [6.45, 7) is 1.66. The predicted molar refractivity (Wildman–Crippen MR) is 66.0 cm³/mol. The molecular weight excluding hydrogens is 276 g/mol. The van der Waals surface area contributed by atoms with Crippen molar-refractivity contribution in [1.29, 1.82) is 0 Å². The van der Waals surface area contributed by atoms with Crippen LogP contribution in [0, 0.1) is 17.0 Å². The minimum absolute atomic E-state index is 0.00455. The number of nitrogens with zero attached hydrogens (tertiary/aromatic N) is 1. The number of sulfonamides is 1. The molecule has 1 N–H and O–H groups in total. The van der Waals surface area contributed by atoms with Gasteiger partial charge in [-0.2, -0.15) is 0 Å². The van der Waals surface area contributed by atoms with Gasteiger partial charge in [-0.1, -0.05) is 17.0 Å². The number of ether oxygens (including phenoxy) is 1. The summed E-state index contributed by atoms with van der Waals surface area (Å²) >= 11 is 0. The fourth-order valence-corrected chi connectivity index (χ4v) is 2.65. The van der Waals surface area contributed by atoms with Crippen LogP contribution in [0.4, 0.5) is 5.69 Å². The molecule has 0 saturated heterocycles. The zero-order chi connectivity index (χ0) is 14.5. The zero-order valence-electron chi connectivity index (χ0n) is 10.5. The molecule has 0 aliphatic carbocycles. The molecule has 8 nitrogen and oxygen atoms in total. The Hall–Kier alpha value is -1.55. The maximum absolute atomic E-state index is 12.0. The van der Waals surface area contributed by atoms with E-state index in [-0.39, 0.29) is 18.8 Å². The van der Waals surface area contributed by atoms with Gasteiger partial charge in [0.15, 0.2) is 4.90 Å². The van der Waals surface area contributed by atoms with Crippen molar-refractivity contribution in [3.63, 3.8) is 0 Å². The number of nitrogens with one attached hydrogen (secondary N) is 1. The van der Waals surface area contributed by atoms with E-state index < -0.39 is 25.5 Å². The first kappa shape index (κ1) is 15.5. The Morgan fingerprint density at radius 2 is 2.05 bits per heavy atom. The van der Waals surface area contributed by atoms with Crippen LogP contribution in [0.3, 0.4) is 0 Å². The second-order valence-electron chi connectivity index (χ2n) is 3.61. The SMILES string of the molecule is COCCONS(=O)(=O)c1c(C)cccc1[N+](=O)[O-]. The molecule has 0 bridgehead atoms. The van der Waals surface area contributed by atoms with Gasteiger partial charge in [0, 0.05) is 13.2 Å². The Labute approximate surface area is 110 Å². The van der Waals surface area contributed by atoms with E-state index in [1.54, 1.807) is 0 Å². The zero-order valence-corrected chi connectivity index (χ0v) is 11.3. The summed E-state index contributed by atoms with van der Waals surface area (Å²) in [6.07, 6.45) is 0. The normalized spacial score (nSPS) is 11.5. The molecule has 19 heavy (non-hydrogen) atoms. The fourth-order valence-electron chi connectivity index (χ4n) is 1.42. The summed E-state index contributed by atoms with van der Waals surface area (Å²) in [5.41, 5.74) is -0.236. The van der Waals surface area contributed by atoms with E-state index in [0.29, 0.717) is 0 Å². The van der Waals surface area contributed by atoms with Gasteiger partial charge >= 0.3 is 0 Å². The monoisotopic (exact) mass is 290 g/mol. The molecule has 1 rings (SSSR count). The molecule has 0 unspecified atom stereocenters. The molecule has 0 aliphatic heterocycles. The van der Waals surface area contributed by atoms with Gasteiger partial charge in [-0.05, 0) is 12.5 Å². The van der Waals surface area contributed by atoms with E-state index in [4.69, 9.17) is 4.84 Å². The highest BCUT2D eigenvalue weighted by Gasteiger charge is 2.27. The van der Waals surface area contributed by atoms with Gasteiger partial charge in [-0.25, -0.2) is 8.42 Å². The van der Waals surface area contributed by atoms with Crippen molar-refractivity contribution in [3.8, 4) is 0 Å². The molecule has 1 aromatic carbocycles. The quantitative estimate of drug-likeness (QED) is 0.451. The maximum Gasteiger partial charge on any atom is 0.289 e. The Balaban J connectivity index is 3.04. The number of nitro groups is 1. The van der Waals surface area contributed by atoms with Crippen LogP contribution in [0.15, 0.2) is 23.1 Å². The lowest BCUT2D eigenvalue weighted by atomic mass is 10.2. The van der Waals surface area contributed by atoms with Gasteiger partial charge < -0.3 is 4.74 Å². The van der Waals surface area contributed by atoms with E-state index in [2.05, 4.69) is 4.74 Å². The molecular formula is C10H14N2O6S. The fraction of sp³-hybridized carbons (Fsp3) is 0.400. The number of nitro benzene ring substituents is 1. The van der Waals surface area contributed by atoms with Gasteiger partial charge in [-0.15, -0.1) is 0 Å². The third kappa shape index (κ3) is 3.96. The minimum atomic E-state index is -4.12. The summed E-state index contributed by atoms with van der Waals surface area (Å²) in [7, 11) is -2.68. The van der Waals surface area contributed by atoms with E-state index >= 15 is 0 Å². The first-order valence-corrected chi connectivity index (χ1v) is 6.75. The number of benzene rings is 1. The van der Waals surface area contributed by atoms with Crippen LogP contribution >= 0.6 is 0 Å². The lowest BCUT2D eigenvalue weighted by Gasteiger charge is -2.09. The molecule has 0 saturated carbocycles. The average Bonchev–Trinajstić information content (AvgIpc) is 2.34. The van der Waals surface area contributed by atoms with Crippen molar-refractivity contribution in [2.75, 3.05) is 20.3 Å². The predicted octanol–water partition coefficient (Wildman–Crippen LogP) is 0.760. The highest BCUT2D eigenvalue weighted by molar-refractivity contribution is 7.89. The number of aryl methyl sites for hydroxylation is 1. The summed E-state index contributed by atoms with van der Waals surface area (Å²) < 4.78 is 28.6. The number of hydrogen-bond acceptors (Lipinski definition) is 6. The van der Waals surface area contributed by atoms with Crippen molar-refractivity contribution < 1.29 is 22.9 Å². The maximum atomic E-state index is 12.0. The van der Waals surface area contributed by atoms with Crippen molar-refractivity contribution in [2.45, 2.75) is 11.8 Å². The Morgan fingerprint density at radius 1 is 1.37 bits per heavy atom. The Kier molecular flexibility index (Phi) is 5.36. The van der Waals surface area contributed by atoms with E-state index in [0.717, 1.165) is 6.07 Å². The van der Waals surface area contributed by atoms with Crippen LogP contribution in [-0.2, 0) is 19.6 Å². The van der Waals surface area contributed by atoms with E-state index in [1.807, 2.05) is 4.89 Å². The number of hydrogen-bond donors (Lipinski definition) is 1. The first-order chi connectivity index (χ1) is 8.90. The van der Waals surface area contributed by atoms with Crippen molar-refractivity contribution in [2.24, 2.45) is 0 Å². The summed E-state index contributed by atoms with van der Waals surface area (Å²) in [5, 5.41) is 10.8. The van der Waals surface area contributed by atoms with Crippen LogP contribution in [0.1, 0.15) is 5.56 Å². The van der Waals surface area contributed by atoms with Crippen molar-refractivity contribution in [3.05, 3.63) is 33.9 Å². The molecule has 0 aliphatic rings. The molecule has 0 atom stereocenters. The molecule has 106 valence electrons. The van der Waals surface area contributed by atoms with E-state index in [1.165, 1.54) is 26.2 Å². The van der Waals surface area contributed by atoms with Gasteiger partial charge in [0.05, 0.1) is 18.1 Å². The number of methoxy groups -OCH3 is 1. The second-order valence-corrected chi connectivity index (χ2v) is 5.19. The summed E-state index contributed by atoms with van der Waals surface area (Å²) in [4.78, 5) is 16.2. The lowest BCUT2D eigenvalue weighted by molar-refractivity contribution is -0.387. The summed E-state index contributed by atoms with van der Waals surface area (Å²) in [6, 6.07) is 4.01. The Morgan fingerprint density at radius 3 is 2.63 bits per heavy atom. The molecule has 0 spiro atoms. The topological polar surface area (TPSA) is 108 Å². The molecule has 0 heterocycles. The highest BCUT2D eigenvalue weighted by atomic mass is 32.2. The molecule has 0 aromatic heterocycles. The standard InChI is InChI=1S/C10H14N2O6S/c1-8-4-3-5-9(12(13)14)10(8)19(15,16)11-18-7-6-17-2/h3-5,11H,6-7H2,1-2H3. The third-order valence-corrected chi connectivity index (χ3v) is 3.62. The second kappa shape index (κ2) is 6.57. The van der Waals surface area contributed by atoms with Gasteiger partial charge in [-0.3, -0.25) is 15.0 Å². The third-order valence-electron chi connectivity index (χ3n) is 2.21. The summed E-state index contributed by atoms with van der Waals surface area (Å²) in [5.74, 6) is 0. The van der Waals surface area contributed by atoms with Crippen LogP contribution in [-0.4, -0.2) is 33.7 Å². The highest BCUT2D eigenvalue weighted by Crippen LogP contribution is 2.26. The van der Waals surface area contributed by atoms with Crippen molar-refractivity contribution in [1.82, 2.24) is 4.89 Å². The Bertz CT molecular complexity index is 557. The van der Waals surface area contributed by atoms with Crippen LogP contribution in [0.25, 0.3) is 0 Å². The van der Waals surface area contributed by atoms with Crippen LogP contribution in [0.2, 0.25) is 0 Å².